The average Bonchev–Trinajstić information content (AvgIpc) is 2.30. The molecule has 0 aliphatic rings. The van der Waals surface area contributed by atoms with Gasteiger partial charge in [0, 0.05) is 13.1 Å². The molecule has 2 N–H and O–H groups in total. The Morgan fingerprint density at radius 3 is 2.32 bits per heavy atom. The van der Waals surface area contributed by atoms with Crippen molar-refractivity contribution in [2.24, 2.45) is 0 Å². The second-order valence-corrected chi connectivity index (χ2v) is 7.37. The standard InChI is InChI=1S/C10H22N2O5S2/c1-4-5-6-10(7-8-11-18(3,13)14)9-12-19(15,16)17-2/h6,11-12H,4-5,7-9H2,1-3H3/b10-6-. The van der Waals surface area contributed by atoms with Crippen LogP contribution in [0.5, 0.6) is 0 Å². The van der Waals surface area contributed by atoms with Crippen LogP contribution in [0.15, 0.2) is 11.6 Å². The molecule has 114 valence electrons. The van der Waals surface area contributed by atoms with Crippen molar-refractivity contribution in [2.75, 3.05) is 26.5 Å². The largest absolute Gasteiger partial charge is 0.335 e. The van der Waals surface area contributed by atoms with Gasteiger partial charge in [0.25, 0.3) is 0 Å². The monoisotopic (exact) mass is 314 g/mol. The first-order valence-electron chi connectivity index (χ1n) is 5.88. The first kappa shape index (κ1) is 18.5. The molecule has 0 rings (SSSR count). The van der Waals surface area contributed by atoms with E-state index in [-0.39, 0.29) is 13.1 Å². The van der Waals surface area contributed by atoms with Crippen LogP contribution in [0, 0.1) is 0 Å². The first-order chi connectivity index (χ1) is 8.70. The van der Waals surface area contributed by atoms with Gasteiger partial charge in [0.05, 0.1) is 13.4 Å². The zero-order chi connectivity index (χ0) is 14.9. The molecule has 0 aliphatic carbocycles. The second kappa shape index (κ2) is 8.64. The van der Waals surface area contributed by atoms with E-state index in [4.69, 9.17) is 0 Å². The average molecular weight is 314 g/mol. The molecule has 0 unspecified atom stereocenters. The Balaban J connectivity index is 4.40. The molecule has 0 radical (unpaired) electrons. The third kappa shape index (κ3) is 11.1. The number of sulfonamides is 1. The Hall–Kier alpha value is -0.480. The van der Waals surface area contributed by atoms with E-state index >= 15 is 0 Å². The Morgan fingerprint density at radius 1 is 1.21 bits per heavy atom. The van der Waals surface area contributed by atoms with Gasteiger partial charge in [-0.05, 0) is 12.8 Å². The predicted octanol–water partition coefficient (Wildman–Crippen LogP) is 0.133. The summed E-state index contributed by atoms with van der Waals surface area (Å²) in [6.45, 7) is 2.35. The molecule has 0 fully saturated rings. The van der Waals surface area contributed by atoms with Crippen LogP contribution in [0.4, 0.5) is 0 Å². The number of rotatable bonds is 10. The molecular formula is C10H22N2O5S2. The minimum atomic E-state index is -3.72. The van der Waals surface area contributed by atoms with Crippen LogP contribution in [-0.4, -0.2) is 43.3 Å². The normalized spacial score (nSPS) is 13.7. The smallest absolute Gasteiger partial charge is 0.261 e. The number of allylic oxidation sites excluding steroid dienone is 1. The van der Waals surface area contributed by atoms with Crippen molar-refractivity contribution in [3.8, 4) is 0 Å². The molecule has 0 amide bonds. The summed E-state index contributed by atoms with van der Waals surface area (Å²) in [4.78, 5) is 0. The summed E-state index contributed by atoms with van der Waals surface area (Å²) in [7, 11) is -5.88. The van der Waals surface area contributed by atoms with Gasteiger partial charge in [-0.1, -0.05) is 25.0 Å². The molecule has 0 aromatic carbocycles. The van der Waals surface area contributed by atoms with Gasteiger partial charge >= 0.3 is 10.3 Å². The summed E-state index contributed by atoms with van der Waals surface area (Å²) in [5.41, 5.74) is 0.818. The Bertz CT molecular complexity index is 482. The molecule has 7 nitrogen and oxygen atoms in total. The molecule has 0 heterocycles. The number of hydrogen-bond donors (Lipinski definition) is 2. The summed E-state index contributed by atoms with van der Waals surface area (Å²) < 4.78 is 53.0. The van der Waals surface area contributed by atoms with Gasteiger partial charge in [0.15, 0.2) is 0 Å². The maximum atomic E-state index is 11.1. The van der Waals surface area contributed by atoms with Gasteiger partial charge < -0.3 is 0 Å². The van der Waals surface area contributed by atoms with Crippen LogP contribution in [0.1, 0.15) is 26.2 Å². The zero-order valence-electron chi connectivity index (χ0n) is 11.5. The first-order valence-corrected chi connectivity index (χ1v) is 9.18. The van der Waals surface area contributed by atoms with E-state index in [2.05, 4.69) is 13.6 Å². The summed E-state index contributed by atoms with van der Waals surface area (Å²) >= 11 is 0. The Kier molecular flexibility index (Phi) is 8.42. The molecule has 0 saturated heterocycles. The molecule has 0 saturated carbocycles. The fourth-order valence-electron chi connectivity index (χ4n) is 1.25. The Morgan fingerprint density at radius 2 is 1.84 bits per heavy atom. The van der Waals surface area contributed by atoms with Crippen LogP contribution in [0.25, 0.3) is 0 Å². The summed E-state index contributed by atoms with van der Waals surface area (Å²) in [6, 6.07) is 0. The van der Waals surface area contributed by atoms with Crippen molar-refractivity contribution in [3.63, 3.8) is 0 Å². The van der Waals surface area contributed by atoms with Gasteiger partial charge in [0.1, 0.15) is 0 Å². The van der Waals surface area contributed by atoms with Crippen molar-refractivity contribution in [2.45, 2.75) is 26.2 Å². The van der Waals surface area contributed by atoms with E-state index in [0.717, 1.165) is 31.8 Å². The highest BCUT2D eigenvalue weighted by atomic mass is 32.2. The van der Waals surface area contributed by atoms with Gasteiger partial charge in [-0.25, -0.2) is 13.1 Å². The number of hydrogen-bond acceptors (Lipinski definition) is 5. The highest BCUT2D eigenvalue weighted by Crippen LogP contribution is 2.04. The van der Waals surface area contributed by atoms with E-state index in [9.17, 15) is 16.8 Å². The highest BCUT2D eigenvalue weighted by Gasteiger charge is 2.09. The molecule has 0 bridgehead atoms. The topological polar surface area (TPSA) is 102 Å². The molecule has 19 heavy (non-hydrogen) atoms. The predicted molar refractivity (Wildman–Crippen MR) is 74.4 cm³/mol. The van der Waals surface area contributed by atoms with E-state index < -0.39 is 20.3 Å². The van der Waals surface area contributed by atoms with Crippen molar-refractivity contribution in [3.05, 3.63) is 11.6 Å². The molecule has 0 spiro atoms. The summed E-state index contributed by atoms with van der Waals surface area (Å²) in [5, 5.41) is 0. The van der Waals surface area contributed by atoms with E-state index in [1.165, 1.54) is 0 Å². The molecule has 0 atom stereocenters. The van der Waals surface area contributed by atoms with Crippen LogP contribution in [0.2, 0.25) is 0 Å². The Labute approximate surface area is 115 Å². The van der Waals surface area contributed by atoms with Crippen molar-refractivity contribution in [1.82, 2.24) is 9.44 Å². The van der Waals surface area contributed by atoms with Crippen LogP contribution in [-0.2, 0) is 24.5 Å². The minimum Gasteiger partial charge on any atom is -0.261 e. The van der Waals surface area contributed by atoms with Crippen LogP contribution in [0.3, 0.4) is 0 Å². The third-order valence-corrected chi connectivity index (χ3v) is 3.89. The lowest BCUT2D eigenvalue weighted by molar-refractivity contribution is 0.388. The van der Waals surface area contributed by atoms with E-state index in [1.807, 2.05) is 13.0 Å². The number of unbranched alkanes of at least 4 members (excludes halogenated alkanes) is 1. The summed E-state index contributed by atoms with van der Waals surface area (Å²) in [5.74, 6) is 0. The van der Waals surface area contributed by atoms with Gasteiger partial charge in [0.2, 0.25) is 10.0 Å². The van der Waals surface area contributed by atoms with Crippen LogP contribution < -0.4 is 9.44 Å². The maximum Gasteiger partial charge on any atom is 0.335 e. The minimum absolute atomic E-state index is 0.113. The SMILES string of the molecule is CCC/C=C(/CCNS(C)(=O)=O)CNS(=O)(=O)OC. The lowest BCUT2D eigenvalue weighted by Crippen LogP contribution is -2.28. The zero-order valence-corrected chi connectivity index (χ0v) is 13.1. The van der Waals surface area contributed by atoms with E-state index in [1.54, 1.807) is 0 Å². The van der Waals surface area contributed by atoms with Gasteiger partial charge in [-0.3, -0.25) is 4.18 Å². The lowest BCUT2D eigenvalue weighted by Gasteiger charge is -2.09. The second-order valence-electron chi connectivity index (χ2n) is 4.01. The fraction of sp³-hybridized carbons (Fsp3) is 0.800. The van der Waals surface area contributed by atoms with Crippen molar-refractivity contribution >= 4 is 20.3 Å². The molecule has 0 aliphatic heterocycles. The van der Waals surface area contributed by atoms with Gasteiger partial charge in [-0.15, -0.1) is 0 Å². The quantitative estimate of drug-likeness (QED) is 0.558. The fourth-order valence-corrected chi connectivity index (χ4v) is 2.20. The van der Waals surface area contributed by atoms with Crippen LogP contribution >= 0.6 is 0 Å². The van der Waals surface area contributed by atoms with E-state index in [0.29, 0.717) is 6.42 Å². The molecular weight excluding hydrogens is 292 g/mol. The maximum absolute atomic E-state index is 11.1. The molecule has 0 aromatic rings. The molecule has 0 aromatic heterocycles. The molecule has 9 heteroatoms. The number of nitrogens with one attached hydrogen (secondary N) is 2. The lowest BCUT2D eigenvalue weighted by atomic mass is 10.1. The van der Waals surface area contributed by atoms with Crippen molar-refractivity contribution in [1.29, 1.82) is 0 Å². The summed E-state index contributed by atoms with van der Waals surface area (Å²) in [6.07, 6.45) is 5.17. The van der Waals surface area contributed by atoms with Crippen molar-refractivity contribution < 1.29 is 21.0 Å². The van der Waals surface area contributed by atoms with Gasteiger partial charge in [-0.2, -0.15) is 13.1 Å². The highest BCUT2D eigenvalue weighted by molar-refractivity contribution is 7.88. The third-order valence-electron chi connectivity index (χ3n) is 2.23.